The molecule has 22 heavy (non-hydrogen) atoms. The molecule has 1 fully saturated rings. The maximum Gasteiger partial charge on any atom is 0.0832 e. The first-order valence-electron chi connectivity index (χ1n) is 8.07. The molecule has 3 rings (SSSR count). The van der Waals surface area contributed by atoms with Crippen molar-refractivity contribution in [2.24, 2.45) is 5.92 Å². The molecule has 0 radical (unpaired) electrons. The van der Waals surface area contributed by atoms with E-state index in [1.807, 2.05) is 12.1 Å². The van der Waals surface area contributed by atoms with Crippen molar-refractivity contribution in [1.29, 1.82) is 0 Å². The lowest BCUT2D eigenvalue weighted by Gasteiger charge is -2.53. The van der Waals surface area contributed by atoms with Gasteiger partial charge >= 0.3 is 0 Å². The molecule has 0 aromatic heterocycles. The normalized spacial score (nSPS) is 28.5. The zero-order valence-corrected chi connectivity index (χ0v) is 13.6. The van der Waals surface area contributed by atoms with Gasteiger partial charge in [-0.1, -0.05) is 67.6 Å². The summed E-state index contributed by atoms with van der Waals surface area (Å²) < 4.78 is 0. The van der Waals surface area contributed by atoms with Gasteiger partial charge in [-0.2, -0.15) is 0 Å². The van der Waals surface area contributed by atoms with E-state index in [4.69, 9.17) is 0 Å². The molecule has 0 unspecified atom stereocenters. The lowest BCUT2D eigenvalue weighted by atomic mass is 9.59. The van der Waals surface area contributed by atoms with Crippen molar-refractivity contribution in [2.75, 3.05) is 13.6 Å². The Morgan fingerprint density at radius 3 is 1.82 bits per heavy atom. The second-order valence-corrected chi connectivity index (χ2v) is 6.63. The van der Waals surface area contributed by atoms with Crippen molar-refractivity contribution in [3.8, 4) is 0 Å². The lowest BCUT2D eigenvalue weighted by molar-refractivity contribution is -0.0446. The molecular weight excluding hydrogens is 270 g/mol. The van der Waals surface area contributed by atoms with Crippen LogP contribution in [0.1, 0.15) is 25.0 Å². The van der Waals surface area contributed by atoms with E-state index in [1.165, 1.54) is 11.1 Å². The van der Waals surface area contributed by atoms with Crippen LogP contribution in [0.4, 0.5) is 0 Å². The Bertz CT molecular complexity index is 571. The Kier molecular flexibility index (Phi) is 4.07. The fourth-order valence-electron chi connectivity index (χ4n) is 4.16. The second kappa shape index (κ2) is 5.86. The summed E-state index contributed by atoms with van der Waals surface area (Å²) in [6.07, 6.45) is -0.439. The van der Waals surface area contributed by atoms with Gasteiger partial charge in [0.2, 0.25) is 0 Å². The number of hydrogen-bond acceptors (Lipinski definition) is 2. The molecule has 0 aliphatic carbocycles. The van der Waals surface area contributed by atoms with E-state index in [0.717, 1.165) is 6.54 Å². The van der Waals surface area contributed by atoms with Crippen molar-refractivity contribution >= 4 is 0 Å². The van der Waals surface area contributed by atoms with Gasteiger partial charge in [0, 0.05) is 12.6 Å². The third-order valence-corrected chi connectivity index (χ3v) is 5.46. The van der Waals surface area contributed by atoms with Crippen molar-refractivity contribution in [3.63, 3.8) is 0 Å². The fraction of sp³-hybridized carbons (Fsp3) is 0.400. The summed E-state index contributed by atoms with van der Waals surface area (Å²) in [5, 5.41) is 11.3. The van der Waals surface area contributed by atoms with Gasteiger partial charge in [-0.15, -0.1) is 0 Å². The summed E-state index contributed by atoms with van der Waals surface area (Å²) in [6, 6.07) is 21.1. The largest absolute Gasteiger partial charge is 0.390 e. The molecule has 1 saturated heterocycles. The number of benzene rings is 2. The van der Waals surface area contributed by atoms with Crippen LogP contribution in [0.15, 0.2) is 60.7 Å². The fourth-order valence-corrected chi connectivity index (χ4v) is 4.16. The van der Waals surface area contributed by atoms with Gasteiger partial charge in [0.1, 0.15) is 0 Å². The Balaban J connectivity index is 2.24. The number of piperidine rings is 1. The molecule has 1 aliphatic rings. The average Bonchev–Trinajstić information content (AvgIpc) is 2.55. The molecule has 0 amide bonds. The van der Waals surface area contributed by atoms with Crippen LogP contribution in [0, 0.1) is 5.92 Å². The Labute approximate surface area is 133 Å². The van der Waals surface area contributed by atoms with E-state index in [-0.39, 0.29) is 11.5 Å². The highest BCUT2D eigenvalue weighted by molar-refractivity contribution is 5.43. The van der Waals surface area contributed by atoms with E-state index in [9.17, 15) is 5.11 Å². The van der Waals surface area contributed by atoms with Crippen LogP contribution in [-0.2, 0) is 5.41 Å². The molecule has 0 bridgehead atoms. The molecule has 2 aromatic carbocycles. The predicted octanol–water partition coefficient (Wildman–Crippen LogP) is 3.30. The van der Waals surface area contributed by atoms with Crippen LogP contribution in [0.25, 0.3) is 0 Å². The maximum absolute atomic E-state index is 11.3. The van der Waals surface area contributed by atoms with E-state index < -0.39 is 6.10 Å². The number of aliphatic hydroxyl groups is 1. The Morgan fingerprint density at radius 1 is 0.909 bits per heavy atom. The van der Waals surface area contributed by atoms with Crippen LogP contribution < -0.4 is 0 Å². The summed E-state index contributed by atoms with van der Waals surface area (Å²) in [7, 11) is 2.10. The number of nitrogens with zero attached hydrogens (tertiary/aromatic N) is 1. The average molecular weight is 295 g/mol. The SMILES string of the molecule is C[C@@H]1[C@H](O)C(c2ccccc2)(c2ccccc2)[C@@H](C)CN1C. The molecule has 3 atom stereocenters. The van der Waals surface area contributed by atoms with Crippen molar-refractivity contribution < 1.29 is 5.11 Å². The van der Waals surface area contributed by atoms with E-state index >= 15 is 0 Å². The first-order chi connectivity index (χ1) is 10.6. The minimum atomic E-state index is -0.439. The van der Waals surface area contributed by atoms with Gasteiger partial charge < -0.3 is 10.0 Å². The van der Waals surface area contributed by atoms with E-state index in [1.54, 1.807) is 0 Å². The van der Waals surface area contributed by atoms with E-state index in [0.29, 0.717) is 5.92 Å². The third kappa shape index (κ3) is 2.18. The van der Waals surface area contributed by atoms with Crippen LogP contribution in [0.5, 0.6) is 0 Å². The molecule has 0 spiro atoms. The minimum absolute atomic E-state index is 0.122. The molecular formula is C20H25NO. The third-order valence-electron chi connectivity index (χ3n) is 5.46. The first kappa shape index (κ1) is 15.3. The number of rotatable bonds is 2. The number of hydrogen-bond donors (Lipinski definition) is 1. The summed E-state index contributed by atoms with van der Waals surface area (Å²) in [4.78, 5) is 2.26. The molecule has 2 nitrogen and oxygen atoms in total. The smallest absolute Gasteiger partial charge is 0.0832 e. The first-order valence-corrected chi connectivity index (χ1v) is 8.07. The maximum atomic E-state index is 11.3. The molecule has 116 valence electrons. The van der Waals surface area contributed by atoms with Crippen molar-refractivity contribution in [2.45, 2.75) is 31.4 Å². The van der Waals surface area contributed by atoms with Crippen LogP contribution in [0.2, 0.25) is 0 Å². The van der Waals surface area contributed by atoms with Gasteiger partial charge in [-0.05, 0) is 31.0 Å². The van der Waals surface area contributed by atoms with Crippen LogP contribution in [-0.4, -0.2) is 35.7 Å². The highest BCUT2D eigenvalue weighted by Crippen LogP contribution is 2.46. The van der Waals surface area contributed by atoms with E-state index in [2.05, 4.69) is 74.3 Å². The molecule has 2 aromatic rings. The van der Waals surface area contributed by atoms with Crippen LogP contribution in [0.3, 0.4) is 0 Å². The summed E-state index contributed by atoms with van der Waals surface area (Å²) >= 11 is 0. The zero-order chi connectivity index (χ0) is 15.7. The van der Waals surface area contributed by atoms with Crippen LogP contribution >= 0.6 is 0 Å². The molecule has 0 saturated carbocycles. The predicted molar refractivity (Wildman–Crippen MR) is 90.9 cm³/mol. The summed E-state index contributed by atoms with van der Waals surface area (Å²) in [6.45, 7) is 5.35. The quantitative estimate of drug-likeness (QED) is 0.919. The molecule has 2 heteroatoms. The van der Waals surface area contributed by atoms with Crippen molar-refractivity contribution in [1.82, 2.24) is 4.90 Å². The van der Waals surface area contributed by atoms with Gasteiger partial charge in [-0.3, -0.25) is 0 Å². The highest BCUT2D eigenvalue weighted by Gasteiger charge is 2.51. The summed E-state index contributed by atoms with van der Waals surface area (Å²) in [5.41, 5.74) is 2.07. The number of likely N-dealkylation sites (tertiary alicyclic amines) is 1. The molecule has 1 N–H and O–H groups in total. The highest BCUT2D eigenvalue weighted by atomic mass is 16.3. The van der Waals surface area contributed by atoms with Crippen molar-refractivity contribution in [3.05, 3.63) is 71.8 Å². The Hall–Kier alpha value is -1.64. The number of likely N-dealkylation sites (N-methyl/N-ethyl adjacent to an activating group) is 1. The monoisotopic (exact) mass is 295 g/mol. The van der Waals surface area contributed by atoms with Gasteiger partial charge in [0.15, 0.2) is 0 Å². The van der Waals surface area contributed by atoms with Gasteiger partial charge in [0.25, 0.3) is 0 Å². The molecule has 1 heterocycles. The summed E-state index contributed by atoms with van der Waals surface area (Å²) in [5.74, 6) is 0.327. The number of aliphatic hydroxyl groups excluding tert-OH is 1. The van der Waals surface area contributed by atoms with Gasteiger partial charge in [-0.25, -0.2) is 0 Å². The Morgan fingerprint density at radius 2 is 1.36 bits per heavy atom. The minimum Gasteiger partial charge on any atom is -0.390 e. The zero-order valence-electron chi connectivity index (χ0n) is 13.6. The van der Waals surface area contributed by atoms with Gasteiger partial charge in [0.05, 0.1) is 11.5 Å². The molecule has 1 aliphatic heterocycles. The standard InChI is InChI=1S/C20H25NO/c1-15-14-21(3)16(2)19(22)20(15,17-10-6-4-7-11-17)18-12-8-5-9-13-18/h4-13,15-16,19,22H,14H2,1-3H3/t15-,16+,19-/m0/s1. The lowest BCUT2D eigenvalue weighted by Crippen LogP contribution is -2.62. The second-order valence-electron chi connectivity index (χ2n) is 6.63. The topological polar surface area (TPSA) is 23.5 Å².